The van der Waals surface area contributed by atoms with Crippen molar-refractivity contribution in [3.05, 3.63) is 23.4 Å². The van der Waals surface area contributed by atoms with Crippen LogP contribution in [-0.2, 0) is 13.2 Å². The van der Waals surface area contributed by atoms with Crippen LogP contribution in [0.2, 0.25) is 0 Å². The average molecular weight is 533 g/mol. The molecule has 2 aromatic rings. The summed E-state index contributed by atoms with van der Waals surface area (Å²) in [4.78, 5) is 20.3. The molecule has 7 nitrogen and oxygen atoms in total. The van der Waals surface area contributed by atoms with Gasteiger partial charge >= 0.3 is 6.18 Å². The molecule has 2 unspecified atom stereocenters. The zero-order valence-corrected chi connectivity index (χ0v) is 22.3. The fourth-order valence-electron chi connectivity index (χ4n) is 6.78. The second kappa shape index (κ2) is 10.3. The van der Waals surface area contributed by atoms with Gasteiger partial charge in [-0.05, 0) is 56.1 Å². The van der Waals surface area contributed by atoms with Crippen LogP contribution in [0.15, 0.2) is 12.1 Å². The number of hydrogen-bond donors (Lipinski definition) is 1. The number of carbonyl (C=O) groups excluding carboxylic acids is 1. The molecule has 3 saturated heterocycles. The van der Waals surface area contributed by atoms with Crippen LogP contribution in [0, 0.1) is 11.8 Å². The molecule has 38 heavy (non-hydrogen) atoms. The van der Waals surface area contributed by atoms with Gasteiger partial charge in [-0.3, -0.25) is 9.48 Å². The highest BCUT2D eigenvalue weighted by molar-refractivity contribution is 6.07. The molecule has 1 aromatic carbocycles. The number of alkyl halides is 3. The molecule has 1 amide bonds. The Morgan fingerprint density at radius 2 is 1.63 bits per heavy atom. The van der Waals surface area contributed by atoms with E-state index in [1.54, 1.807) is 13.1 Å². The van der Waals surface area contributed by atoms with Crippen LogP contribution < -0.4 is 10.2 Å². The van der Waals surface area contributed by atoms with Crippen molar-refractivity contribution >= 4 is 22.5 Å². The van der Waals surface area contributed by atoms with E-state index in [1.807, 2.05) is 4.90 Å². The number of aryl methyl sites for hydroxylation is 1. The minimum Gasteiger partial charge on any atom is -0.371 e. The SMILES string of the molecule is Cn1nc(C(=O)NC2CCN(CCN3CC4CC4C3)CC2)c2c(C(F)(F)F)cc(N3CCCCCC3)cc21. The quantitative estimate of drug-likeness (QED) is 0.607. The third kappa shape index (κ3) is 5.39. The highest BCUT2D eigenvalue weighted by atomic mass is 19.4. The molecular formula is C28H39F3N6O. The number of carbonyl (C=O) groups is 1. The molecular weight excluding hydrogens is 493 g/mol. The van der Waals surface area contributed by atoms with Gasteiger partial charge < -0.3 is 20.0 Å². The third-order valence-corrected chi connectivity index (χ3v) is 9.14. The summed E-state index contributed by atoms with van der Waals surface area (Å²) in [7, 11) is 1.62. The Hall–Kier alpha value is -2.33. The number of halogens is 3. The van der Waals surface area contributed by atoms with Crippen LogP contribution in [0.1, 0.15) is 61.0 Å². The van der Waals surface area contributed by atoms with Crippen molar-refractivity contribution < 1.29 is 18.0 Å². The van der Waals surface area contributed by atoms with Crippen LogP contribution in [-0.4, -0.2) is 83.9 Å². The molecule has 1 saturated carbocycles. The number of likely N-dealkylation sites (tertiary alicyclic amines) is 2. The van der Waals surface area contributed by atoms with Crippen LogP contribution >= 0.6 is 0 Å². The molecule has 1 aliphatic carbocycles. The van der Waals surface area contributed by atoms with Gasteiger partial charge in [-0.15, -0.1) is 0 Å². The van der Waals surface area contributed by atoms with Crippen LogP contribution in [0.4, 0.5) is 18.9 Å². The number of anilines is 1. The molecule has 0 bridgehead atoms. The lowest BCUT2D eigenvalue weighted by Gasteiger charge is -2.33. The van der Waals surface area contributed by atoms with Gasteiger partial charge in [-0.25, -0.2) is 0 Å². The van der Waals surface area contributed by atoms with Crippen molar-refractivity contribution in [1.29, 1.82) is 0 Å². The van der Waals surface area contributed by atoms with Gasteiger partial charge in [-0.2, -0.15) is 18.3 Å². The molecule has 6 rings (SSSR count). The Kier molecular flexibility index (Phi) is 7.05. The Bertz CT molecular complexity index is 1150. The molecule has 4 fully saturated rings. The maximum atomic E-state index is 14.3. The number of nitrogens with zero attached hydrogens (tertiary/aromatic N) is 5. The second-order valence-corrected chi connectivity index (χ2v) is 11.9. The van der Waals surface area contributed by atoms with Crippen molar-refractivity contribution in [1.82, 2.24) is 24.9 Å². The van der Waals surface area contributed by atoms with Crippen LogP contribution in [0.3, 0.4) is 0 Å². The molecule has 4 heterocycles. The maximum absolute atomic E-state index is 14.3. The molecule has 0 radical (unpaired) electrons. The highest BCUT2D eigenvalue weighted by Gasteiger charge is 2.44. The van der Waals surface area contributed by atoms with E-state index in [4.69, 9.17) is 0 Å². The monoisotopic (exact) mass is 532 g/mol. The normalized spacial score (nSPS) is 25.5. The Labute approximate surface area is 222 Å². The summed E-state index contributed by atoms with van der Waals surface area (Å²) in [5.41, 5.74) is -0.00672. The maximum Gasteiger partial charge on any atom is 0.417 e. The molecule has 4 aliphatic rings. The molecule has 10 heteroatoms. The molecule has 1 N–H and O–H groups in total. The van der Waals surface area contributed by atoms with E-state index in [2.05, 4.69) is 20.2 Å². The largest absolute Gasteiger partial charge is 0.417 e. The van der Waals surface area contributed by atoms with E-state index < -0.39 is 17.6 Å². The minimum absolute atomic E-state index is 0.0547. The van der Waals surface area contributed by atoms with Crippen LogP contribution in [0.25, 0.3) is 10.9 Å². The van der Waals surface area contributed by atoms with Gasteiger partial charge in [0.1, 0.15) is 0 Å². The molecule has 2 atom stereocenters. The van der Waals surface area contributed by atoms with Gasteiger partial charge in [0.15, 0.2) is 5.69 Å². The molecule has 208 valence electrons. The van der Waals surface area contributed by atoms with Gasteiger partial charge in [0.05, 0.1) is 11.1 Å². The summed E-state index contributed by atoms with van der Waals surface area (Å²) in [6.45, 7) is 7.90. The van der Waals surface area contributed by atoms with Gasteiger partial charge in [0.25, 0.3) is 5.91 Å². The topological polar surface area (TPSA) is 56.6 Å². The Morgan fingerprint density at radius 1 is 0.974 bits per heavy atom. The zero-order valence-electron chi connectivity index (χ0n) is 22.3. The summed E-state index contributed by atoms with van der Waals surface area (Å²) >= 11 is 0. The summed E-state index contributed by atoms with van der Waals surface area (Å²) in [5, 5.41) is 7.21. The van der Waals surface area contributed by atoms with Gasteiger partial charge in [-0.1, -0.05) is 12.8 Å². The van der Waals surface area contributed by atoms with E-state index in [0.717, 1.165) is 89.6 Å². The predicted octanol–water partition coefficient (Wildman–Crippen LogP) is 4.12. The number of benzene rings is 1. The Morgan fingerprint density at radius 3 is 2.29 bits per heavy atom. The third-order valence-electron chi connectivity index (χ3n) is 9.14. The highest BCUT2D eigenvalue weighted by Crippen LogP contribution is 2.44. The number of amides is 1. The van der Waals surface area contributed by atoms with Crippen molar-refractivity contribution in [2.75, 3.05) is 57.3 Å². The van der Waals surface area contributed by atoms with E-state index in [1.165, 1.54) is 30.3 Å². The van der Waals surface area contributed by atoms with Crippen molar-refractivity contribution in [3.8, 4) is 0 Å². The van der Waals surface area contributed by atoms with Crippen LogP contribution in [0.5, 0.6) is 0 Å². The second-order valence-electron chi connectivity index (χ2n) is 11.9. The molecule has 3 aliphatic heterocycles. The number of rotatable bonds is 6. The van der Waals surface area contributed by atoms with E-state index in [0.29, 0.717) is 11.2 Å². The smallest absolute Gasteiger partial charge is 0.371 e. The summed E-state index contributed by atoms with van der Waals surface area (Å²) < 4.78 is 44.4. The van der Waals surface area contributed by atoms with E-state index in [9.17, 15) is 18.0 Å². The average Bonchev–Trinajstić information content (AvgIpc) is 3.49. The first kappa shape index (κ1) is 25.9. The van der Waals surface area contributed by atoms with Gasteiger partial charge in [0, 0.05) is 76.5 Å². The molecule has 1 aromatic heterocycles. The lowest BCUT2D eigenvalue weighted by Crippen LogP contribution is -2.46. The van der Waals surface area contributed by atoms with Gasteiger partial charge in [0.2, 0.25) is 0 Å². The number of hydrogen-bond acceptors (Lipinski definition) is 5. The number of aromatic nitrogens is 2. The van der Waals surface area contributed by atoms with Crippen molar-refractivity contribution in [3.63, 3.8) is 0 Å². The number of piperidine rings is 2. The predicted molar refractivity (Wildman–Crippen MR) is 141 cm³/mol. The summed E-state index contributed by atoms with van der Waals surface area (Å²) in [6, 6.07) is 2.93. The first-order chi connectivity index (χ1) is 18.3. The fraction of sp³-hybridized carbons (Fsp3) is 0.714. The first-order valence-corrected chi connectivity index (χ1v) is 14.3. The Balaban J connectivity index is 1.14. The zero-order chi connectivity index (χ0) is 26.4. The lowest BCUT2D eigenvalue weighted by atomic mass is 10.0. The summed E-state index contributed by atoms with van der Waals surface area (Å²) in [5.74, 6) is 1.37. The number of fused-ring (bicyclic) bond motifs is 2. The standard InChI is InChI=1S/C28H39F3N6O/c1-34-24-16-22(37-8-4-2-3-5-9-37)15-23(28(29,30)31)25(24)26(33-34)27(38)32-21-6-10-35(11-7-21)12-13-36-17-19-14-20(19)18-36/h15-16,19-21H,2-14,17-18H2,1H3,(H,32,38). The van der Waals surface area contributed by atoms with Crippen molar-refractivity contribution in [2.24, 2.45) is 18.9 Å². The lowest BCUT2D eigenvalue weighted by molar-refractivity contribution is -0.136. The first-order valence-electron chi connectivity index (χ1n) is 14.3. The summed E-state index contributed by atoms with van der Waals surface area (Å²) in [6.07, 6.45) is 2.56. The van der Waals surface area contributed by atoms with E-state index >= 15 is 0 Å². The van der Waals surface area contributed by atoms with Crippen molar-refractivity contribution in [2.45, 2.75) is 57.2 Å². The van der Waals surface area contributed by atoms with E-state index in [-0.39, 0.29) is 17.1 Å². The molecule has 0 spiro atoms. The minimum atomic E-state index is -4.58. The number of nitrogens with one attached hydrogen (secondary N) is 1. The fourth-order valence-corrected chi connectivity index (χ4v) is 6.78.